The number of fused-ring (bicyclic) bond motifs is 1. The standard InChI is InChI=1S/C23H28N4O2/c1-3-12-26-21-6-4-5-7-22(21)27(23(26)29)17-24-13-15-25(16-14-24)20-10-8-19(9-11-20)18(2)28/h4-11H,3,12-17H2,1-2H3. The molecule has 0 aliphatic carbocycles. The van der Waals surface area contributed by atoms with Crippen molar-refractivity contribution in [3.63, 3.8) is 0 Å². The number of carbonyl (C=O) groups is 1. The highest BCUT2D eigenvalue weighted by Gasteiger charge is 2.20. The summed E-state index contributed by atoms with van der Waals surface area (Å²) in [6, 6.07) is 15.9. The Kier molecular flexibility index (Phi) is 5.53. The van der Waals surface area contributed by atoms with E-state index >= 15 is 0 Å². The number of anilines is 1. The minimum atomic E-state index is 0.0790. The van der Waals surface area contributed by atoms with Gasteiger partial charge in [0.1, 0.15) is 0 Å². The van der Waals surface area contributed by atoms with E-state index in [9.17, 15) is 9.59 Å². The van der Waals surface area contributed by atoms with Gasteiger partial charge in [0.25, 0.3) is 0 Å². The van der Waals surface area contributed by atoms with Crippen LogP contribution >= 0.6 is 0 Å². The molecule has 0 atom stereocenters. The van der Waals surface area contributed by atoms with Gasteiger partial charge in [0, 0.05) is 44.0 Å². The molecule has 152 valence electrons. The normalized spacial score (nSPS) is 15.2. The lowest BCUT2D eigenvalue weighted by Gasteiger charge is -2.36. The van der Waals surface area contributed by atoms with Gasteiger partial charge in [0.05, 0.1) is 17.7 Å². The maximum absolute atomic E-state index is 13.0. The fraction of sp³-hybridized carbons (Fsp3) is 0.391. The highest BCUT2D eigenvalue weighted by molar-refractivity contribution is 5.94. The quantitative estimate of drug-likeness (QED) is 0.605. The van der Waals surface area contributed by atoms with Crippen molar-refractivity contribution in [1.29, 1.82) is 0 Å². The first kappa shape index (κ1) is 19.5. The molecule has 2 heterocycles. The molecule has 1 saturated heterocycles. The molecule has 1 aliphatic rings. The van der Waals surface area contributed by atoms with Crippen LogP contribution in [0, 0.1) is 0 Å². The van der Waals surface area contributed by atoms with Gasteiger partial charge in [-0.05, 0) is 49.7 Å². The van der Waals surface area contributed by atoms with Crippen LogP contribution in [0.3, 0.4) is 0 Å². The summed E-state index contributed by atoms with van der Waals surface area (Å²) in [6.07, 6.45) is 0.939. The first-order valence-electron chi connectivity index (χ1n) is 10.3. The Morgan fingerprint density at radius 3 is 2.10 bits per heavy atom. The first-order chi connectivity index (χ1) is 14.1. The predicted octanol–water partition coefficient (Wildman–Crippen LogP) is 3.20. The van der Waals surface area contributed by atoms with Gasteiger partial charge < -0.3 is 4.90 Å². The van der Waals surface area contributed by atoms with Crippen LogP contribution in [0.4, 0.5) is 5.69 Å². The van der Waals surface area contributed by atoms with Crippen molar-refractivity contribution in [3.05, 3.63) is 64.6 Å². The zero-order chi connectivity index (χ0) is 20.4. The SMILES string of the molecule is CCCn1c(=O)n(CN2CCN(c3ccc(C(C)=O)cc3)CC2)c2ccccc21. The molecule has 1 aliphatic heterocycles. The Labute approximate surface area is 171 Å². The van der Waals surface area contributed by atoms with Crippen LogP contribution in [-0.4, -0.2) is 46.0 Å². The number of hydrogen-bond donors (Lipinski definition) is 0. The smallest absolute Gasteiger partial charge is 0.330 e. The molecule has 1 fully saturated rings. The van der Waals surface area contributed by atoms with E-state index in [0.29, 0.717) is 6.67 Å². The van der Waals surface area contributed by atoms with E-state index in [1.54, 1.807) is 6.92 Å². The summed E-state index contributed by atoms with van der Waals surface area (Å²) in [4.78, 5) is 29.1. The van der Waals surface area contributed by atoms with Gasteiger partial charge >= 0.3 is 5.69 Å². The second-order valence-corrected chi connectivity index (χ2v) is 7.70. The third-order valence-corrected chi connectivity index (χ3v) is 5.73. The second-order valence-electron chi connectivity index (χ2n) is 7.70. The average molecular weight is 393 g/mol. The minimum absolute atomic E-state index is 0.0790. The number of para-hydroxylation sites is 2. The number of imidazole rings is 1. The summed E-state index contributed by atoms with van der Waals surface area (Å²) >= 11 is 0. The molecule has 6 heteroatoms. The molecule has 0 radical (unpaired) electrons. The third-order valence-electron chi connectivity index (χ3n) is 5.73. The molecule has 0 N–H and O–H groups in total. The average Bonchev–Trinajstić information content (AvgIpc) is 3.01. The zero-order valence-electron chi connectivity index (χ0n) is 17.2. The van der Waals surface area contributed by atoms with Crippen molar-refractivity contribution in [2.45, 2.75) is 33.5 Å². The number of ketones is 1. The van der Waals surface area contributed by atoms with E-state index in [4.69, 9.17) is 0 Å². The molecule has 0 spiro atoms. The minimum Gasteiger partial charge on any atom is -0.369 e. The van der Waals surface area contributed by atoms with Gasteiger partial charge in [-0.3, -0.25) is 18.8 Å². The number of nitrogens with zero attached hydrogens (tertiary/aromatic N) is 4. The Bertz CT molecular complexity index is 1060. The summed E-state index contributed by atoms with van der Waals surface area (Å²) < 4.78 is 3.80. The van der Waals surface area contributed by atoms with Crippen LogP contribution in [-0.2, 0) is 13.2 Å². The molecular formula is C23H28N4O2. The van der Waals surface area contributed by atoms with Crippen LogP contribution in [0.5, 0.6) is 0 Å². The molecule has 0 saturated carbocycles. The number of rotatable bonds is 6. The van der Waals surface area contributed by atoms with Crippen molar-refractivity contribution >= 4 is 22.5 Å². The summed E-state index contributed by atoms with van der Waals surface area (Å²) in [7, 11) is 0. The van der Waals surface area contributed by atoms with Crippen LogP contribution in [0.15, 0.2) is 53.3 Å². The summed E-state index contributed by atoms with van der Waals surface area (Å²) in [6.45, 7) is 8.66. The van der Waals surface area contributed by atoms with E-state index in [-0.39, 0.29) is 11.5 Å². The topological polar surface area (TPSA) is 50.5 Å². The molecule has 0 amide bonds. The Hall–Kier alpha value is -2.86. The van der Waals surface area contributed by atoms with Crippen molar-refractivity contribution in [2.24, 2.45) is 0 Å². The van der Waals surface area contributed by atoms with Crippen LogP contribution in [0.1, 0.15) is 30.6 Å². The summed E-state index contributed by atoms with van der Waals surface area (Å²) in [5.74, 6) is 0.0917. The van der Waals surface area contributed by atoms with Crippen LogP contribution in [0.2, 0.25) is 0 Å². The number of hydrogen-bond acceptors (Lipinski definition) is 4. The number of Topliss-reactive ketones (excluding diaryl/α,β-unsaturated/α-hetero) is 1. The van der Waals surface area contributed by atoms with Crippen molar-refractivity contribution in [2.75, 3.05) is 31.1 Å². The predicted molar refractivity (Wildman–Crippen MR) is 117 cm³/mol. The van der Waals surface area contributed by atoms with E-state index in [2.05, 4.69) is 16.7 Å². The van der Waals surface area contributed by atoms with Crippen molar-refractivity contribution in [3.8, 4) is 0 Å². The van der Waals surface area contributed by atoms with Gasteiger partial charge in [0.15, 0.2) is 5.78 Å². The highest BCUT2D eigenvalue weighted by Crippen LogP contribution is 2.19. The molecule has 3 aromatic rings. The highest BCUT2D eigenvalue weighted by atomic mass is 16.2. The van der Waals surface area contributed by atoms with Crippen molar-refractivity contribution in [1.82, 2.24) is 14.0 Å². The molecule has 1 aromatic heterocycles. The Morgan fingerprint density at radius 1 is 0.897 bits per heavy atom. The van der Waals surface area contributed by atoms with Crippen molar-refractivity contribution < 1.29 is 4.79 Å². The van der Waals surface area contributed by atoms with Gasteiger partial charge in [-0.25, -0.2) is 4.79 Å². The number of aromatic nitrogens is 2. The van der Waals surface area contributed by atoms with E-state index in [1.165, 1.54) is 0 Å². The molecule has 29 heavy (non-hydrogen) atoms. The molecule has 0 unspecified atom stereocenters. The summed E-state index contributed by atoms with van der Waals surface area (Å²) in [5.41, 5.74) is 3.99. The number of benzene rings is 2. The number of piperazine rings is 1. The van der Waals surface area contributed by atoms with E-state index < -0.39 is 0 Å². The van der Waals surface area contributed by atoms with Crippen LogP contribution < -0.4 is 10.6 Å². The second kappa shape index (κ2) is 8.25. The number of aryl methyl sites for hydroxylation is 1. The fourth-order valence-corrected chi connectivity index (χ4v) is 4.10. The monoisotopic (exact) mass is 392 g/mol. The Morgan fingerprint density at radius 2 is 1.52 bits per heavy atom. The first-order valence-corrected chi connectivity index (χ1v) is 10.3. The maximum Gasteiger partial charge on any atom is 0.330 e. The maximum atomic E-state index is 13.0. The van der Waals surface area contributed by atoms with E-state index in [1.807, 2.05) is 57.7 Å². The lowest BCUT2D eigenvalue weighted by atomic mass is 10.1. The molecule has 0 bridgehead atoms. The van der Waals surface area contributed by atoms with Crippen LogP contribution in [0.25, 0.3) is 11.0 Å². The lowest BCUT2D eigenvalue weighted by Crippen LogP contribution is -2.47. The Balaban J connectivity index is 1.47. The van der Waals surface area contributed by atoms with Gasteiger partial charge in [-0.2, -0.15) is 0 Å². The molecule has 6 nitrogen and oxygen atoms in total. The molecule has 4 rings (SSSR count). The largest absolute Gasteiger partial charge is 0.369 e. The molecule has 2 aromatic carbocycles. The molecular weight excluding hydrogens is 364 g/mol. The van der Waals surface area contributed by atoms with E-state index in [0.717, 1.165) is 61.4 Å². The zero-order valence-corrected chi connectivity index (χ0v) is 17.2. The van der Waals surface area contributed by atoms with Gasteiger partial charge in [-0.15, -0.1) is 0 Å². The van der Waals surface area contributed by atoms with Gasteiger partial charge in [-0.1, -0.05) is 19.1 Å². The number of carbonyl (C=O) groups excluding carboxylic acids is 1. The summed E-state index contributed by atoms with van der Waals surface area (Å²) in [5, 5.41) is 0. The fourth-order valence-electron chi connectivity index (χ4n) is 4.10. The van der Waals surface area contributed by atoms with Gasteiger partial charge in [0.2, 0.25) is 0 Å². The third kappa shape index (κ3) is 3.85. The lowest BCUT2D eigenvalue weighted by molar-refractivity contribution is 0.101.